The van der Waals surface area contributed by atoms with E-state index in [0.29, 0.717) is 0 Å². The van der Waals surface area contributed by atoms with Gasteiger partial charge >= 0.3 is 0 Å². The Balaban J connectivity index is 2.41. The number of hydrogen-bond acceptors (Lipinski definition) is 4. The number of rotatable bonds is 9. The molecule has 2 N–H and O–H groups in total. The molecule has 0 fully saturated rings. The highest BCUT2D eigenvalue weighted by Crippen LogP contribution is 2.48. The van der Waals surface area contributed by atoms with Crippen LogP contribution < -0.4 is 9.47 Å². The minimum Gasteiger partial charge on any atom is -0.491 e. The highest BCUT2D eigenvalue weighted by Gasteiger charge is 2.38. The maximum absolute atomic E-state index is 9.45. The van der Waals surface area contributed by atoms with Crippen LogP contribution in [0.2, 0.25) is 0 Å². The summed E-state index contributed by atoms with van der Waals surface area (Å²) in [6.45, 7) is 10.8. The van der Waals surface area contributed by atoms with Gasteiger partial charge in [0.25, 0.3) is 0 Å². The fraction of sp³-hybridized carbons (Fsp3) is 0.357. The summed E-state index contributed by atoms with van der Waals surface area (Å²) in [5, 5.41) is 18.9. The number of aliphatic hydroxyl groups is 2. The molecule has 0 bridgehead atoms. The molecule has 0 amide bonds. The topological polar surface area (TPSA) is 58.9 Å². The molecule has 4 nitrogen and oxygen atoms in total. The molecule has 0 aliphatic heterocycles. The third kappa shape index (κ3) is 4.67. The van der Waals surface area contributed by atoms with Gasteiger partial charge in [-0.15, -0.1) is 0 Å². The molecule has 3 aromatic rings. The molecule has 4 heteroatoms. The van der Waals surface area contributed by atoms with E-state index in [0.717, 1.165) is 50.4 Å². The van der Waals surface area contributed by atoms with Crippen molar-refractivity contribution < 1.29 is 19.7 Å². The maximum Gasteiger partial charge on any atom is 0.126 e. The van der Waals surface area contributed by atoms with Crippen LogP contribution in [0.15, 0.2) is 54.6 Å². The van der Waals surface area contributed by atoms with Gasteiger partial charge in [-0.05, 0) is 51.3 Å². The molecular weight excluding hydrogens is 400 g/mol. The number of benzene rings is 3. The summed E-state index contributed by atoms with van der Waals surface area (Å²) >= 11 is 0. The average Bonchev–Trinajstić information content (AvgIpc) is 2.77. The minimum atomic E-state index is -0.593. The van der Waals surface area contributed by atoms with Crippen LogP contribution >= 0.6 is 0 Å². The van der Waals surface area contributed by atoms with Gasteiger partial charge in [-0.25, -0.2) is 0 Å². The van der Waals surface area contributed by atoms with Crippen LogP contribution in [-0.2, 0) is 5.41 Å². The molecule has 0 aliphatic rings. The van der Waals surface area contributed by atoms with E-state index in [1.807, 2.05) is 32.0 Å². The molecule has 0 aromatic heterocycles. The molecular formula is C28H34O4. The van der Waals surface area contributed by atoms with E-state index in [1.54, 1.807) is 0 Å². The van der Waals surface area contributed by atoms with Crippen LogP contribution in [-0.4, -0.2) is 36.6 Å². The zero-order valence-corrected chi connectivity index (χ0v) is 19.7. The Morgan fingerprint density at radius 3 is 1.53 bits per heavy atom. The quantitative estimate of drug-likeness (QED) is 0.465. The van der Waals surface area contributed by atoms with Gasteiger partial charge in [0.2, 0.25) is 0 Å². The number of aliphatic hydroxyl groups excluding tert-OH is 2. The Labute approximate surface area is 191 Å². The Morgan fingerprint density at radius 1 is 0.688 bits per heavy atom. The van der Waals surface area contributed by atoms with Gasteiger partial charge < -0.3 is 19.7 Å². The highest BCUT2D eigenvalue weighted by molar-refractivity contribution is 5.62. The lowest BCUT2D eigenvalue weighted by Gasteiger charge is -2.36. The first-order chi connectivity index (χ1) is 15.3. The van der Waals surface area contributed by atoms with Crippen molar-refractivity contribution in [3.05, 3.63) is 93.5 Å². The third-order valence-corrected chi connectivity index (χ3v) is 5.94. The van der Waals surface area contributed by atoms with Crippen LogP contribution in [0.5, 0.6) is 11.5 Å². The zero-order chi connectivity index (χ0) is 23.3. The van der Waals surface area contributed by atoms with Crippen LogP contribution in [0.3, 0.4) is 0 Å². The second-order valence-corrected chi connectivity index (χ2v) is 8.55. The lowest BCUT2D eigenvalue weighted by Crippen LogP contribution is -2.28. The van der Waals surface area contributed by atoms with Crippen LogP contribution in [0.4, 0.5) is 0 Å². The summed E-state index contributed by atoms with van der Waals surface area (Å²) in [6.07, 6.45) is 0. The predicted molar refractivity (Wildman–Crippen MR) is 129 cm³/mol. The van der Waals surface area contributed by atoms with Gasteiger partial charge in [0.05, 0.1) is 13.2 Å². The summed E-state index contributed by atoms with van der Waals surface area (Å²) in [5.74, 6) is 1.56. The van der Waals surface area contributed by atoms with Crippen molar-refractivity contribution in [2.45, 2.75) is 40.0 Å². The van der Waals surface area contributed by atoms with Crippen molar-refractivity contribution in [2.75, 3.05) is 26.4 Å². The molecule has 0 unspecified atom stereocenters. The molecule has 32 heavy (non-hydrogen) atoms. The molecule has 0 saturated heterocycles. The third-order valence-electron chi connectivity index (χ3n) is 5.94. The van der Waals surface area contributed by atoms with Gasteiger partial charge in [-0.1, -0.05) is 65.7 Å². The second kappa shape index (κ2) is 10.2. The largest absolute Gasteiger partial charge is 0.491 e. The molecule has 0 spiro atoms. The van der Waals surface area contributed by atoms with E-state index in [2.05, 4.69) is 57.2 Å². The van der Waals surface area contributed by atoms with Crippen molar-refractivity contribution in [2.24, 2.45) is 0 Å². The Kier molecular flexibility index (Phi) is 7.60. The SMILES string of the molecule is Cc1cc(C)c(OCCO)c(C(C)(c2ccccc2)c2cc(C)cc(C)c2OCCO)c1. The number of ether oxygens (including phenoxy) is 2. The van der Waals surface area contributed by atoms with E-state index in [1.165, 1.54) is 0 Å². The molecule has 170 valence electrons. The molecule has 0 aliphatic carbocycles. The number of hydrogen-bond donors (Lipinski definition) is 2. The van der Waals surface area contributed by atoms with Crippen LogP contribution in [0, 0.1) is 27.7 Å². The highest BCUT2D eigenvalue weighted by atomic mass is 16.5. The first-order valence-corrected chi connectivity index (χ1v) is 11.1. The van der Waals surface area contributed by atoms with Crippen molar-refractivity contribution >= 4 is 0 Å². The summed E-state index contributed by atoms with van der Waals surface area (Å²) in [4.78, 5) is 0. The van der Waals surface area contributed by atoms with E-state index in [9.17, 15) is 10.2 Å². The van der Waals surface area contributed by atoms with Gasteiger partial charge in [0, 0.05) is 16.5 Å². The zero-order valence-electron chi connectivity index (χ0n) is 19.7. The van der Waals surface area contributed by atoms with E-state index in [4.69, 9.17) is 9.47 Å². The number of aryl methyl sites for hydroxylation is 4. The Morgan fingerprint density at radius 2 is 1.12 bits per heavy atom. The lowest BCUT2D eigenvalue weighted by molar-refractivity contribution is 0.196. The maximum atomic E-state index is 9.45. The smallest absolute Gasteiger partial charge is 0.126 e. The summed E-state index contributed by atoms with van der Waals surface area (Å²) in [6, 6.07) is 18.9. The van der Waals surface area contributed by atoms with Gasteiger partial charge in [0.1, 0.15) is 24.7 Å². The first kappa shape index (κ1) is 23.8. The molecule has 0 atom stereocenters. The van der Waals surface area contributed by atoms with Crippen LogP contribution in [0.25, 0.3) is 0 Å². The van der Waals surface area contributed by atoms with Crippen LogP contribution in [0.1, 0.15) is 45.9 Å². The van der Waals surface area contributed by atoms with E-state index in [-0.39, 0.29) is 26.4 Å². The van der Waals surface area contributed by atoms with Crippen molar-refractivity contribution in [3.8, 4) is 11.5 Å². The average molecular weight is 435 g/mol. The minimum absolute atomic E-state index is 0.0524. The molecule has 0 radical (unpaired) electrons. The van der Waals surface area contributed by atoms with Crippen molar-refractivity contribution in [3.63, 3.8) is 0 Å². The summed E-state index contributed by atoms with van der Waals surface area (Å²) in [7, 11) is 0. The normalized spacial score (nSPS) is 11.5. The fourth-order valence-corrected chi connectivity index (χ4v) is 4.56. The van der Waals surface area contributed by atoms with E-state index >= 15 is 0 Å². The molecule has 3 aromatic carbocycles. The van der Waals surface area contributed by atoms with Crippen molar-refractivity contribution in [1.29, 1.82) is 0 Å². The Bertz CT molecular complexity index is 993. The molecule has 0 saturated carbocycles. The fourth-order valence-electron chi connectivity index (χ4n) is 4.56. The lowest BCUT2D eigenvalue weighted by atomic mass is 9.69. The van der Waals surface area contributed by atoms with E-state index < -0.39 is 5.41 Å². The predicted octanol–water partition coefficient (Wildman–Crippen LogP) is 5.02. The molecule has 3 rings (SSSR count). The van der Waals surface area contributed by atoms with Gasteiger partial charge in [0.15, 0.2) is 0 Å². The summed E-state index contributed by atoms with van der Waals surface area (Å²) in [5.41, 5.74) is 6.89. The standard InChI is InChI=1S/C28H34O4/c1-19-15-21(3)26(31-13-11-29)24(17-19)28(5,23-9-7-6-8-10-23)25-18-20(2)16-22(4)27(25)32-14-12-30/h6-10,15-18,29-30H,11-14H2,1-5H3. The van der Waals surface area contributed by atoms with Crippen molar-refractivity contribution in [1.82, 2.24) is 0 Å². The molecule has 0 heterocycles. The Hall–Kier alpha value is -2.82. The second-order valence-electron chi connectivity index (χ2n) is 8.55. The summed E-state index contributed by atoms with van der Waals surface area (Å²) < 4.78 is 12.2. The first-order valence-electron chi connectivity index (χ1n) is 11.1. The van der Waals surface area contributed by atoms with Gasteiger partial charge in [-0.3, -0.25) is 0 Å². The van der Waals surface area contributed by atoms with Gasteiger partial charge in [-0.2, -0.15) is 0 Å². The monoisotopic (exact) mass is 434 g/mol.